The topological polar surface area (TPSA) is 8.17 Å². The van der Waals surface area contributed by atoms with E-state index in [0.29, 0.717) is 0 Å². The predicted molar refractivity (Wildman–Crippen MR) is 264 cm³/mol. The Morgan fingerprint density at radius 1 is 0.290 bits per heavy atom. The third-order valence-electron chi connectivity index (χ3n) is 12.5. The van der Waals surface area contributed by atoms with E-state index in [1.54, 1.807) is 0 Å². The molecule has 2 nitrogen and oxygen atoms in total. The van der Waals surface area contributed by atoms with Crippen molar-refractivity contribution in [2.75, 3.05) is 4.90 Å². The molecule has 62 heavy (non-hydrogen) atoms. The highest BCUT2D eigenvalue weighted by Gasteiger charge is 2.20. The van der Waals surface area contributed by atoms with Crippen LogP contribution in [0.5, 0.6) is 0 Å². The maximum absolute atomic E-state index is 2.42. The molecule has 0 amide bonds. The Morgan fingerprint density at radius 2 is 0.855 bits per heavy atom. The van der Waals surface area contributed by atoms with Crippen molar-refractivity contribution in [3.8, 4) is 39.1 Å². The SMILES string of the molecule is c1ccc(-n2c3cc4ccccc4cc3c3c(-c4cccc(N(c5ccc(-c6ccc(-c7cccc8ccccc78)cc6)cc5)c5cccc6ccccc56)c4)cccc32)cc1. The summed E-state index contributed by atoms with van der Waals surface area (Å²) in [4.78, 5) is 2.42. The van der Waals surface area contributed by atoms with Gasteiger partial charge in [0.05, 0.1) is 16.7 Å². The summed E-state index contributed by atoms with van der Waals surface area (Å²) in [6.45, 7) is 0. The molecule has 1 aromatic heterocycles. The summed E-state index contributed by atoms with van der Waals surface area (Å²) in [5.74, 6) is 0. The van der Waals surface area contributed by atoms with Crippen molar-refractivity contribution >= 4 is 71.2 Å². The van der Waals surface area contributed by atoms with Crippen molar-refractivity contribution in [1.29, 1.82) is 0 Å². The fourth-order valence-electron chi connectivity index (χ4n) is 9.61. The van der Waals surface area contributed by atoms with Gasteiger partial charge in [0.1, 0.15) is 0 Å². The number of fused-ring (bicyclic) bond motifs is 6. The molecule has 0 aliphatic heterocycles. The largest absolute Gasteiger partial charge is 0.310 e. The first kappa shape index (κ1) is 35.7. The van der Waals surface area contributed by atoms with E-state index in [-0.39, 0.29) is 0 Å². The van der Waals surface area contributed by atoms with Gasteiger partial charge in [-0.15, -0.1) is 0 Å². The van der Waals surface area contributed by atoms with Crippen LogP contribution in [-0.2, 0) is 0 Å². The molecule has 0 N–H and O–H groups in total. The number of rotatable bonds is 7. The van der Waals surface area contributed by atoms with Gasteiger partial charge in [-0.3, -0.25) is 0 Å². The van der Waals surface area contributed by atoms with Crippen LogP contribution in [0.4, 0.5) is 17.1 Å². The zero-order valence-electron chi connectivity index (χ0n) is 34.0. The zero-order chi connectivity index (χ0) is 41.0. The molecule has 1 heterocycles. The van der Waals surface area contributed by atoms with Crippen LogP contribution in [0.1, 0.15) is 0 Å². The summed E-state index contributed by atoms with van der Waals surface area (Å²) >= 11 is 0. The third kappa shape index (κ3) is 6.04. The van der Waals surface area contributed by atoms with E-state index in [0.717, 1.165) is 22.7 Å². The predicted octanol–water partition coefficient (Wildman–Crippen LogP) is 16.7. The van der Waals surface area contributed by atoms with Crippen LogP contribution in [-0.4, -0.2) is 4.57 Å². The van der Waals surface area contributed by atoms with Gasteiger partial charge in [-0.2, -0.15) is 0 Å². The summed E-state index contributed by atoms with van der Waals surface area (Å²) in [6, 6.07) is 88.5. The quantitative estimate of drug-likeness (QED) is 0.156. The molecule has 11 aromatic carbocycles. The van der Waals surface area contributed by atoms with E-state index in [1.165, 1.54) is 87.5 Å². The molecule has 0 aliphatic carbocycles. The summed E-state index contributed by atoms with van der Waals surface area (Å²) < 4.78 is 2.42. The minimum Gasteiger partial charge on any atom is -0.310 e. The van der Waals surface area contributed by atoms with Crippen molar-refractivity contribution < 1.29 is 0 Å². The first-order valence-corrected chi connectivity index (χ1v) is 21.3. The van der Waals surface area contributed by atoms with Crippen molar-refractivity contribution in [3.05, 3.63) is 243 Å². The second-order valence-corrected chi connectivity index (χ2v) is 16.1. The maximum Gasteiger partial charge on any atom is 0.0547 e. The van der Waals surface area contributed by atoms with E-state index < -0.39 is 0 Å². The monoisotopic (exact) mass is 788 g/mol. The van der Waals surface area contributed by atoms with Crippen LogP contribution < -0.4 is 4.90 Å². The van der Waals surface area contributed by atoms with Gasteiger partial charge in [-0.05, 0) is 121 Å². The first-order chi connectivity index (χ1) is 30.7. The fraction of sp³-hybridized carbons (Fsp3) is 0. The second kappa shape index (κ2) is 14.8. The van der Waals surface area contributed by atoms with Crippen LogP contribution in [0, 0.1) is 0 Å². The Bertz CT molecular complexity index is 3610. The molecule has 0 spiro atoms. The van der Waals surface area contributed by atoms with Gasteiger partial charge in [0.15, 0.2) is 0 Å². The summed E-state index contributed by atoms with van der Waals surface area (Å²) in [5.41, 5.74) is 14.1. The number of hydrogen-bond donors (Lipinski definition) is 0. The molecule has 0 radical (unpaired) electrons. The smallest absolute Gasteiger partial charge is 0.0547 e. The number of benzene rings is 11. The summed E-state index contributed by atoms with van der Waals surface area (Å²) in [5, 5.41) is 9.91. The Hall–Kier alpha value is -8.20. The van der Waals surface area contributed by atoms with Crippen LogP contribution in [0.3, 0.4) is 0 Å². The molecule has 12 rings (SSSR count). The Morgan fingerprint density at radius 3 is 1.63 bits per heavy atom. The lowest BCUT2D eigenvalue weighted by atomic mass is 9.96. The molecular weight excluding hydrogens is 749 g/mol. The Balaban J connectivity index is 0.988. The maximum atomic E-state index is 2.42. The number of anilines is 3. The first-order valence-electron chi connectivity index (χ1n) is 21.3. The second-order valence-electron chi connectivity index (χ2n) is 16.1. The molecule has 0 fully saturated rings. The third-order valence-corrected chi connectivity index (χ3v) is 12.5. The lowest BCUT2D eigenvalue weighted by Crippen LogP contribution is -2.10. The molecule has 290 valence electrons. The van der Waals surface area contributed by atoms with Crippen molar-refractivity contribution in [2.24, 2.45) is 0 Å². The normalized spacial score (nSPS) is 11.5. The standard InChI is InChI=1S/C60H40N2/c1-2-21-49(22-3-1)62-58-29-13-27-55(60(58)56-39-46-16-4-5-17-47(46)40-59(56)62)48-20-10-23-51(38-48)61(57-28-12-19-44-15-7-9-25-54(44)57)50-36-34-42(35-37-50)41-30-32-45(33-31-41)53-26-11-18-43-14-6-8-24-52(43)53/h1-40H. The average Bonchev–Trinajstić information content (AvgIpc) is 3.67. The lowest BCUT2D eigenvalue weighted by Gasteiger charge is -2.27. The molecule has 0 saturated heterocycles. The number of aromatic nitrogens is 1. The van der Waals surface area contributed by atoms with Crippen LogP contribution in [0.15, 0.2) is 243 Å². The molecule has 0 aliphatic rings. The molecule has 12 aromatic rings. The highest BCUT2D eigenvalue weighted by Crippen LogP contribution is 2.44. The number of para-hydroxylation sites is 1. The molecule has 0 bridgehead atoms. The lowest BCUT2D eigenvalue weighted by molar-refractivity contribution is 1.18. The van der Waals surface area contributed by atoms with E-state index in [1.807, 2.05) is 0 Å². The van der Waals surface area contributed by atoms with Crippen molar-refractivity contribution in [2.45, 2.75) is 0 Å². The zero-order valence-corrected chi connectivity index (χ0v) is 34.0. The average molecular weight is 789 g/mol. The summed E-state index contributed by atoms with van der Waals surface area (Å²) in [7, 11) is 0. The van der Waals surface area contributed by atoms with E-state index in [2.05, 4.69) is 252 Å². The minimum absolute atomic E-state index is 1.10. The molecule has 0 saturated carbocycles. The molecular formula is C60H40N2. The van der Waals surface area contributed by atoms with Gasteiger partial charge in [0.2, 0.25) is 0 Å². The Kier molecular flexibility index (Phi) is 8.53. The van der Waals surface area contributed by atoms with Crippen LogP contribution in [0.25, 0.3) is 93.2 Å². The minimum atomic E-state index is 1.10. The summed E-state index contributed by atoms with van der Waals surface area (Å²) in [6.07, 6.45) is 0. The van der Waals surface area contributed by atoms with Crippen LogP contribution >= 0.6 is 0 Å². The highest BCUT2D eigenvalue weighted by atomic mass is 15.1. The van der Waals surface area contributed by atoms with E-state index in [9.17, 15) is 0 Å². The Labute approximate surface area is 360 Å². The van der Waals surface area contributed by atoms with Crippen molar-refractivity contribution in [1.82, 2.24) is 4.57 Å². The molecule has 0 unspecified atom stereocenters. The number of nitrogens with zero attached hydrogens (tertiary/aromatic N) is 2. The van der Waals surface area contributed by atoms with E-state index in [4.69, 9.17) is 0 Å². The fourth-order valence-corrected chi connectivity index (χ4v) is 9.61. The molecule has 0 atom stereocenters. The van der Waals surface area contributed by atoms with Crippen LogP contribution in [0.2, 0.25) is 0 Å². The number of hydrogen-bond acceptors (Lipinski definition) is 1. The van der Waals surface area contributed by atoms with Gasteiger partial charge < -0.3 is 9.47 Å². The highest BCUT2D eigenvalue weighted by molar-refractivity contribution is 6.19. The van der Waals surface area contributed by atoms with Gasteiger partial charge in [0.25, 0.3) is 0 Å². The van der Waals surface area contributed by atoms with E-state index >= 15 is 0 Å². The van der Waals surface area contributed by atoms with Gasteiger partial charge in [-0.1, -0.05) is 182 Å². The van der Waals surface area contributed by atoms with Gasteiger partial charge in [0, 0.05) is 33.2 Å². The molecule has 2 heteroatoms. The van der Waals surface area contributed by atoms with Gasteiger partial charge >= 0.3 is 0 Å². The van der Waals surface area contributed by atoms with Crippen molar-refractivity contribution in [3.63, 3.8) is 0 Å². The van der Waals surface area contributed by atoms with Gasteiger partial charge in [-0.25, -0.2) is 0 Å².